The summed E-state index contributed by atoms with van der Waals surface area (Å²) in [6.07, 6.45) is -3.21. The molecule has 20 nitrogen and oxygen atoms in total. The number of ether oxygens (including phenoxy) is 2. The molecule has 3 rings (SSSR count). The molecule has 1 aliphatic heterocycles. The number of aromatic nitrogens is 2. The summed E-state index contributed by atoms with van der Waals surface area (Å²) in [7, 11) is -17.3. The highest BCUT2D eigenvalue weighted by atomic mass is 31.3. The lowest BCUT2D eigenvalue weighted by Crippen LogP contribution is -2.33. The van der Waals surface area contributed by atoms with Crippen molar-refractivity contribution in [1.82, 2.24) is 9.55 Å². The minimum Gasteiger partial charge on any atom is -0.756 e. The van der Waals surface area contributed by atoms with Gasteiger partial charge in [-0.2, -0.15) is 4.31 Å². The molecule has 2 unspecified atom stereocenters. The number of aryl methyl sites for hydroxylation is 1. The fourth-order valence-corrected chi connectivity index (χ4v) is 6.57. The van der Waals surface area contributed by atoms with Gasteiger partial charge in [-0.3, -0.25) is 18.9 Å². The van der Waals surface area contributed by atoms with Gasteiger partial charge in [-0.25, -0.2) is 23.0 Å². The van der Waals surface area contributed by atoms with Crippen LogP contribution < -0.4 is 16.1 Å². The molecule has 1 fully saturated rings. The maximum atomic E-state index is 13.0. The Balaban J connectivity index is 1.85. The van der Waals surface area contributed by atoms with E-state index >= 15 is 0 Å². The van der Waals surface area contributed by atoms with Crippen molar-refractivity contribution in [3.8, 4) is 0 Å². The van der Waals surface area contributed by atoms with Crippen LogP contribution in [0.1, 0.15) is 34.1 Å². The van der Waals surface area contributed by atoms with Crippen LogP contribution >= 0.6 is 23.5 Å². The second-order valence-corrected chi connectivity index (χ2v) is 12.6. The number of nitrogens with zero attached hydrogens (tertiary/aromatic N) is 4. The number of carbonyl (C=O) groups is 1. The van der Waals surface area contributed by atoms with Gasteiger partial charge < -0.3 is 33.6 Å². The topological polar surface area (TPSA) is 302 Å². The van der Waals surface area contributed by atoms with Crippen LogP contribution in [0.4, 0.5) is 0 Å². The van der Waals surface area contributed by atoms with Crippen molar-refractivity contribution < 1.29 is 60.7 Å². The average molecular weight is 640 g/mol. The maximum Gasteiger partial charge on any atom is 0.487 e. The minimum atomic E-state index is -5.87. The number of benzene rings is 1. The SMILES string of the molecule is Cc1cn([C@H]2C[C@@H](OC(=O)c3ccccc3CN=[N+]=[N-])[C@@H](COP(=O)([O-])OP(=O)(O)OP(=O)(O)O)O2)c(=O)[nH]c1=O. The summed E-state index contributed by atoms with van der Waals surface area (Å²) >= 11 is 0. The van der Waals surface area contributed by atoms with E-state index in [2.05, 4.69) is 23.2 Å². The molecule has 0 radical (unpaired) electrons. The summed E-state index contributed by atoms with van der Waals surface area (Å²) in [6, 6.07) is 5.90. The Hall–Kier alpha value is -2.95. The molecule has 1 aromatic carbocycles. The first-order valence-electron chi connectivity index (χ1n) is 11.0. The molecule has 0 spiro atoms. The van der Waals surface area contributed by atoms with Gasteiger partial charge in [0, 0.05) is 23.1 Å². The van der Waals surface area contributed by atoms with Gasteiger partial charge in [0.05, 0.1) is 18.7 Å². The second kappa shape index (κ2) is 12.9. The quantitative estimate of drug-likeness (QED) is 0.0823. The Labute approximate surface area is 228 Å². The van der Waals surface area contributed by atoms with Gasteiger partial charge in [-0.15, -0.1) is 0 Å². The highest BCUT2D eigenvalue weighted by Crippen LogP contribution is 2.65. The first-order chi connectivity index (χ1) is 19.0. The van der Waals surface area contributed by atoms with Crippen LogP contribution in [0.25, 0.3) is 10.4 Å². The normalized spacial score (nSPS) is 21.8. The largest absolute Gasteiger partial charge is 0.756 e. The maximum absolute atomic E-state index is 13.0. The third kappa shape index (κ3) is 9.28. The summed E-state index contributed by atoms with van der Waals surface area (Å²) < 4.78 is 58.2. The molecule has 0 amide bonds. The number of azide groups is 1. The summed E-state index contributed by atoms with van der Waals surface area (Å²) in [5, 5.41) is 3.40. The minimum absolute atomic E-state index is 0.0197. The van der Waals surface area contributed by atoms with Crippen molar-refractivity contribution in [3.63, 3.8) is 0 Å². The molecule has 0 saturated carbocycles. The third-order valence-corrected chi connectivity index (χ3v) is 9.01. The standard InChI is InChI=1S/C18H22N5O15P3/c1-10-8-23(18(26)21-16(10)24)15-6-13(36-17(25)12-5-3-2-4-11(12)7-20-22-19)14(35-15)9-34-40(30,31)38-41(32,33)37-39(27,28)29/h2-5,8,13-15H,6-7,9H2,1H3,(H,30,31)(H,32,33)(H,21,24,26)(H2,27,28,29)/p-1/t13-,14-,15-/m1/s1. The number of carbonyl (C=O) groups excluding carboxylic acids is 1. The van der Waals surface area contributed by atoms with E-state index in [1.54, 1.807) is 6.07 Å². The fraction of sp³-hybridized carbons (Fsp3) is 0.389. The van der Waals surface area contributed by atoms with Crippen LogP contribution in [0.3, 0.4) is 0 Å². The van der Waals surface area contributed by atoms with Gasteiger partial charge >= 0.3 is 27.3 Å². The predicted molar refractivity (Wildman–Crippen MR) is 131 cm³/mol. The number of nitrogens with one attached hydrogen (secondary N) is 1. The number of esters is 1. The van der Waals surface area contributed by atoms with E-state index in [0.29, 0.717) is 0 Å². The van der Waals surface area contributed by atoms with Crippen LogP contribution in [-0.2, 0) is 42.9 Å². The Bertz CT molecular complexity index is 1610. The van der Waals surface area contributed by atoms with Crippen molar-refractivity contribution in [1.29, 1.82) is 0 Å². The van der Waals surface area contributed by atoms with E-state index < -0.39 is 65.7 Å². The van der Waals surface area contributed by atoms with Gasteiger partial charge in [-0.1, -0.05) is 23.3 Å². The van der Waals surface area contributed by atoms with Crippen LogP contribution in [0.5, 0.6) is 0 Å². The lowest BCUT2D eigenvalue weighted by atomic mass is 10.1. The lowest BCUT2D eigenvalue weighted by Gasteiger charge is -2.27. The zero-order valence-electron chi connectivity index (χ0n) is 20.6. The first-order valence-corrected chi connectivity index (χ1v) is 15.5. The molecule has 2 heterocycles. The van der Waals surface area contributed by atoms with Gasteiger partial charge in [0.15, 0.2) is 0 Å². The highest BCUT2D eigenvalue weighted by Gasteiger charge is 2.42. The molecule has 5 atom stereocenters. The Morgan fingerprint density at radius 2 is 1.93 bits per heavy atom. The van der Waals surface area contributed by atoms with Crippen molar-refractivity contribution >= 4 is 29.4 Å². The molecular formula is C18H21N5O15P3-. The summed E-state index contributed by atoms with van der Waals surface area (Å²) in [6.45, 7) is 0.127. The third-order valence-electron chi connectivity index (χ3n) is 5.25. The number of H-pyrrole nitrogens is 1. The van der Waals surface area contributed by atoms with E-state index in [4.69, 9.17) is 24.8 Å². The van der Waals surface area contributed by atoms with E-state index in [9.17, 15) is 37.9 Å². The molecular weight excluding hydrogens is 619 g/mol. The highest BCUT2D eigenvalue weighted by molar-refractivity contribution is 7.66. The summed E-state index contributed by atoms with van der Waals surface area (Å²) in [5.74, 6) is -0.963. The second-order valence-electron chi connectivity index (χ2n) is 8.20. The smallest absolute Gasteiger partial charge is 0.487 e. The van der Waals surface area contributed by atoms with E-state index in [1.807, 2.05) is 4.98 Å². The Kier molecular flexibility index (Phi) is 10.3. The molecule has 4 N–H and O–H groups in total. The number of hydrogen-bond donors (Lipinski definition) is 4. The number of aromatic amines is 1. The molecule has 1 aliphatic rings. The molecule has 41 heavy (non-hydrogen) atoms. The van der Waals surface area contributed by atoms with Gasteiger partial charge in [0.1, 0.15) is 18.4 Å². The van der Waals surface area contributed by atoms with Crippen molar-refractivity contribution in [2.45, 2.75) is 38.3 Å². The van der Waals surface area contributed by atoms with Gasteiger partial charge in [0.25, 0.3) is 13.4 Å². The molecule has 0 aliphatic carbocycles. The number of hydrogen-bond acceptors (Lipinski definition) is 13. The average Bonchev–Trinajstić information content (AvgIpc) is 3.23. The van der Waals surface area contributed by atoms with Gasteiger partial charge in [0.2, 0.25) is 0 Å². The fourth-order valence-electron chi connectivity index (χ4n) is 3.58. The number of rotatable bonds is 12. The van der Waals surface area contributed by atoms with Crippen molar-refractivity contribution in [3.05, 3.63) is 78.4 Å². The number of phosphoric acid groups is 3. The van der Waals surface area contributed by atoms with Gasteiger partial charge in [-0.05, 0) is 24.1 Å². The van der Waals surface area contributed by atoms with E-state index in [-0.39, 0.29) is 29.7 Å². The van der Waals surface area contributed by atoms with Crippen molar-refractivity contribution in [2.75, 3.05) is 6.61 Å². The molecule has 2 aromatic rings. The summed E-state index contributed by atoms with van der Waals surface area (Å²) in [4.78, 5) is 80.4. The number of phosphoric ester groups is 1. The van der Waals surface area contributed by atoms with E-state index in [0.717, 1.165) is 10.8 Å². The van der Waals surface area contributed by atoms with Crippen LogP contribution in [0.2, 0.25) is 0 Å². The summed E-state index contributed by atoms with van der Waals surface area (Å²) in [5.41, 5.74) is 7.37. The van der Waals surface area contributed by atoms with Crippen molar-refractivity contribution in [2.24, 2.45) is 5.11 Å². The molecule has 23 heteroatoms. The van der Waals surface area contributed by atoms with Crippen LogP contribution in [-0.4, -0.2) is 49.0 Å². The lowest BCUT2D eigenvalue weighted by molar-refractivity contribution is -0.221. The zero-order valence-corrected chi connectivity index (χ0v) is 23.3. The first kappa shape index (κ1) is 32.6. The van der Waals surface area contributed by atoms with Crippen LogP contribution in [0.15, 0.2) is 45.2 Å². The van der Waals surface area contributed by atoms with E-state index in [1.165, 1.54) is 25.1 Å². The molecule has 1 aromatic heterocycles. The molecule has 1 saturated heterocycles. The molecule has 224 valence electrons. The van der Waals surface area contributed by atoms with Crippen LogP contribution in [0, 0.1) is 6.92 Å². The zero-order chi connectivity index (χ0) is 30.6. The Morgan fingerprint density at radius 3 is 2.59 bits per heavy atom. The molecule has 0 bridgehead atoms. The predicted octanol–water partition coefficient (Wildman–Crippen LogP) is 0.880. The monoisotopic (exact) mass is 640 g/mol. The Morgan fingerprint density at radius 1 is 1.24 bits per heavy atom.